The Morgan fingerprint density at radius 3 is 2.36 bits per heavy atom. The molecule has 0 fully saturated rings. The Hall–Kier alpha value is -3.20. The quantitative estimate of drug-likeness (QED) is 0.367. The minimum absolute atomic E-state index is 0.440. The number of furan rings is 1. The number of ketones is 2. The van der Waals surface area contributed by atoms with Gasteiger partial charge in [-0.2, -0.15) is 0 Å². The van der Waals surface area contributed by atoms with Crippen molar-refractivity contribution < 1.29 is 14.0 Å². The number of aryl methyl sites for hydroxylation is 1. The molecule has 3 nitrogen and oxygen atoms in total. The zero-order valence-corrected chi connectivity index (χ0v) is 14.2. The lowest BCUT2D eigenvalue weighted by Crippen LogP contribution is -2.13. The first kappa shape index (κ1) is 16.7. The van der Waals surface area contributed by atoms with Gasteiger partial charge in [0.2, 0.25) is 5.78 Å². The maximum absolute atomic E-state index is 12.4. The second-order valence-electron chi connectivity index (χ2n) is 5.86. The van der Waals surface area contributed by atoms with Crippen molar-refractivity contribution in [2.75, 3.05) is 0 Å². The van der Waals surface area contributed by atoms with Crippen molar-refractivity contribution >= 4 is 23.7 Å². The molecule has 1 aromatic heterocycles. The second-order valence-corrected chi connectivity index (χ2v) is 5.86. The van der Waals surface area contributed by atoms with E-state index in [9.17, 15) is 9.59 Å². The molecule has 0 aliphatic rings. The summed E-state index contributed by atoms with van der Waals surface area (Å²) in [5.74, 6) is -0.223. The van der Waals surface area contributed by atoms with Crippen molar-refractivity contribution in [2.45, 2.75) is 13.8 Å². The minimum atomic E-state index is -0.476. The van der Waals surface area contributed by atoms with Gasteiger partial charge in [0.15, 0.2) is 5.78 Å². The summed E-state index contributed by atoms with van der Waals surface area (Å²) in [6.45, 7) is 3.13. The fourth-order valence-electron chi connectivity index (χ4n) is 2.77. The summed E-state index contributed by atoms with van der Waals surface area (Å²) in [4.78, 5) is 24.0. The van der Waals surface area contributed by atoms with Crippen molar-refractivity contribution in [3.8, 4) is 11.3 Å². The van der Waals surface area contributed by atoms with Crippen LogP contribution in [0.1, 0.15) is 34.0 Å². The van der Waals surface area contributed by atoms with Crippen molar-refractivity contribution in [3.63, 3.8) is 0 Å². The van der Waals surface area contributed by atoms with Gasteiger partial charge in [0.05, 0.1) is 6.26 Å². The predicted molar refractivity (Wildman–Crippen MR) is 99.3 cm³/mol. The summed E-state index contributed by atoms with van der Waals surface area (Å²) in [5.41, 5.74) is 3.78. The Bertz CT molecular complexity index is 933. The zero-order chi connectivity index (χ0) is 17.8. The molecular formula is C22H18O3. The van der Waals surface area contributed by atoms with Crippen LogP contribution in [0.15, 0.2) is 65.3 Å². The average Bonchev–Trinajstić information content (AvgIpc) is 3.14. The second kappa shape index (κ2) is 7.14. The molecule has 0 radical (unpaired) electrons. The summed E-state index contributed by atoms with van der Waals surface area (Å²) in [7, 11) is 0. The fourth-order valence-corrected chi connectivity index (χ4v) is 2.77. The van der Waals surface area contributed by atoms with E-state index in [0.29, 0.717) is 11.1 Å². The van der Waals surface area contributed by atoms with E-state index >= 15 is 0 Å². The Morgan fingerprint density at radius 2 is 1.72 bits per heavy atom. The normalized spacial score (nSPS) is 11.0. The van der Waals surface area contributed by atoms with Crippen molar-refractivity contribution in [2.24, 2.45) is 0 Å². The van der Waals surface area contributed by atoms with Gasteiger partial charge in [-0.25, -0.2) is 0 Å². The summed E-state index contributed by atoms with van der Waals surface area (Å²) in [6.07, 6.45) is 5.40. The summed E-state index contributed by atoms with van der Waals surface area (Å²) < 4.78 is 5.46. The molecule has 0 saturated heterocycles. The lowest BCUT2D eigenvalue weighted by Gasteiger charge is -2.10. The highest BCUT2D eigenvalue weighted by atomic mass is 16.3. The SMILES string of the molecule is CC(=O)C(=O)c1c(C)cc(-c2ccco2)cc1/C=C/c1ccccc1. The van der Waals surface area contributed by atoms with Crippen LogP contribution < -0.4 is 0 Å². The highest BCUT2D eigenvalue weighted by molar-refractivity contribution is 6.43. The van der Waals surface area contributed by atoms with Gasteiger partial charge >= 0.3 is 0 Å². The number of hydrogen-bond donors (Lipinski definition) is 0. The van der Waals surface area contributed by atoms with Gasteiger partial charge < -0.3 is 4.42 Å². The molecule has 2 aromatic carbocycles. The van der Waals surface area contributed by atoms with E-state index in [4.69, 9.17) is 4.42 Å². The molecule has 0 amide bonds. The summed E-state index contributed by atoms with van der Waals surface area (Å²) in [6, 6.07) is 17.2. The van der Waals surface area contributed by atoms with Crippen LogP contribution in [0, 0.1) is 6.92 Å². The van der Waals surface area contributed by atoms with Gasteiger partial charge in [-0.3, -0.25) is 9.59 Å². The first-order chi connectivity index (χ1) is 12.1. The average molecular weight is 330 g/mol. The van der Waals surface area contributed by atoms with Crippen LogP contribution in [0.2, 0.25) is 0 Å². The van der Waals surface area contributed by atoms with Crippen molar-refractivity contribution in [3.05, 3.63) is 83.1 Å². The maximum atomic E-state index is 12.4. The van der Waals surface area contributed by atoms with Gasteiger partial charge in [-0.05, 0) is 47.9 Å². The van der Waals surface area contributed by atoms with Crippen LogP contribution in [-0.4, -0.2) is 11.6 Å². The highest BCUT2D eigenvalue weighted by Gasteiger charge is 2.19. The van der Waals surface area contributed by atoms with Gasteiger partial charge in [-0.15, -0.1) is 0 Å². The first-order valence-corrected chi connectivity index (χ1v) is 8.03. The Kier molecular flexibility index (Phi) is 4.75. The van der Waals surface area contributed by atoms with E-state index in [0.717, 1.165) is 22.5 Å². The molecule has 0 aliphatic carbocycles. The molecule has 1 heterocycles. The number of benzene rings is 2. The molecule has 3 rings (SSSR count). The number of carbonyl (C=O) groups excluding carboxylic acids is 2. The molecule has 124 valence electrons. The fraction of sp³-hybridized carbons (Fsp3) is 0.0909. The third-order valence-corrected chi connectivity index (χ3v) is 3.97. The first-order valence-electron chi connectivity index (χ1n) is 8.03. The summed E-state index contributed by atoms with van der Waals surface area (Å²) in [5, 5.41) is 0. The van der Waals surface area contributed by atoms with Crippen LogP contribution in [0.3, 0.4) is 0 Å². The molecular weight excluding hydrogens is 312 g/mol. The van der Waals surface area contributed by atoms with Gasteiger partial charge in [-0.1, -0.05) is 42.5 Å². The van der Waals surface area contributed by atoms with E-state index in [2.05, 4.69) is 0 Å². The summed E-state index contributed by atoms with van der Waals surface area (Å²) >= 11 is 0. The van der Waals surface area contributed by atoms with Crippen LogP contribution in [-0.2, 0) is 4.79 Å². The largest absolute Gasteiger partial charge is 0.464 e. The standard InChI is InChI=1S/C22H18O3/c1-15-13-19(20-9-6-12-25-20)14-18(21(15)22(24)16(2)23)11-10-17-7-4-3-5-8-17/h3-14H,1-2H3/b11-10+. The highest BCUT2D eigenvalue weighted by Crippen LogP contribution is 2.28. The van der Waals surface area contributed by atoms with Crippen molar-refractivity contribution in [1.82, 2.24) is 0 Å². The Labute approximate surface area is 146 Å². The lowest BCUT2D eigenvalue weighted by atomic mass is 9.92. The monoisotopic (exact) mass is 330 g/mol. The topological polar surface area (TPSA) is 47.3 Å². The third kappa shape index (κ3) is 3.66. The van der Waals surface area contributed by atoms with E-state index in [1.807, 2.05) is 73.7 Å². The van der Waals surface area contributed by atoms with Gasteiger partial charge in [0, 0.05) is 18.1 Å². The number of hydrogen-bond acceptors (Lipinski definition) is 3. The number of Topliss-reactive ketones (excluding diaryl/α,β-unsaturated/α-hetero) is 2. The Balaban J connectivity index is 2.13. The molecule has 0 N–H and O–H groups in total. The van der Waals surface area contributed by atoms with Gasteiger partial charge in [0.1, 0.15) is 5.76 Å². The molecule has 0 aliphatic heterocycles. The lowest BCUT2D eigenvalue weighted by molar-refractivity contribution is -0.113. The van der Waals surface area contributed by atoms with Crippen LogP contribution >= 0.6 is 0 Å². The molecule has 25 heavy (non-hydrogen) atoms. The van der Waals surface area contributed by atoms with E-state index in [-0.39, 0.29) is 0 Å². The molecule has 0 unspecified atom stereocenters. The van der Waals surface area contributed by atoms with Gasteiger partial charge in [0.25, 0.3) is 0 Å². The molecule has 0 saturated carbocycles. The molecule has 0 bridgehead atoms. The smallest absolute Gasteiger partial charge is 0.229 e. The van der Waals surface area contributed by atoms with E-state index in [1.54, 1.807) is 6.26 Å². The zero-order valence-electron chi connectivity index (χ0n) is 14.2. The van der Waals surface area contributed by atoms with Crippen LogP contribution in [0.25, 0.3) is 23.5 Å². The van der Waals surface area contributed by atoms with Crippen LogP contribution in [0.5, 0.6) is 0 Å². The third-order valence-electron chi connectivity index (χ3n) is 3.97. The van der Waals surface area contributed by atoms with E-state index in [1.165, 1.54) is 6.92 Å². The molecule has 3 heteroatoms. The predicted octanol–water partition coefficient (Wildman–Crippen LogP) is 5.20. The van der Waals surface area contributed by atoms with E-state index < -0.39 is 11.6 Å². The molecule has 0 spiro atoms. The number of rotatable bonds is 5. The Morgan fingerprint density at radius 1 is 0.960 bits per heavy atom. The molecule has 0 atom stereocenters. The maximum Gasteiger partial charge on any atom is 0.229 e. The number of carbonyl (C=O) groups is 2. The van der Waals surface area contributed by atoms with Crippen molar-refractivity contribution in [1.29, 1.82) is 0 Å². The minimum Gasteiger partial charge on any atom is -0.464 e. The van der Waals surface area contributed by atoms with Crippen LogP contribution in [0.4, 0.5) is 0 Å². The molecule has 3 aromatic rings.